The number of benzene rings is 1. The Morgan fingerprint density at radius 2 is 1.88 bits per heavy atom. The molecule has 1 fully saturated rings. The van der Waals surface area contributed by atoms with Crippen LogP contribution in [0, 0.1) is 18.6 Å². The number of rotatable bonds is 3. The van der Waals surface area contributed by atoms with Crippen LogP contribution in [0.1, 0.15) is 27.3 Å². The van der Waals surface area contributed by atoms with Crippen molar-refractivity contribution in [2.45, 2.75) is 19.8 Å². The Bertz CT molecular complexity index is 827. The van der Waals surface area contributed by atoms with Gasteiger partial charge in [0.2, 0.25) is 5.91 Å². The van der Waals surface area contributed by atoms with E-state index in [-0.39, 0.29) is 23.8 Å². The number of aromatic nitrogens is 2. The summed E-state index contributed by atoms with van der Waals surface area (Å²) in [7, 11) is 0. The largest absolute Gasteiger partial charge is 0.341 e. The normalized spacial score (nSPS) is 15.0. The summed E-state index contributed by atoms with van der Waals surface area (Å²) < 4.78 is 30.8. The predicted molar refractivity (Wildman–Crippen MR) is 91.8 cm³/mol. The van der Waals surface area contributed by atoms with Crippen LogP contribution in [0.15, 0.2) is 18.2 Å². The molecule has 9 heteroatoms. The van der Waals surface area contributed by atoms with Gasteiger partial charge in [0.15, 0.2) is 11.6 Å². The summed E-state index contributed by atoms with van der Waals surface area (Å²) in [6.07, 6.45) is 0.420. The highest BCUT2D eigenvalue weighted by Crippen LogP contribution is 2.16. The first-order valence-electron chi connectivity index (χ1n) is 8.26. The van der Waals surface area contributed by atoms with Gasteiger partial charge in [0.1, 0.15) is 4.88 Å². The van der Waals surface area contributed by atoms with E-state index in [0.29, 0.717) is 43.2 Å². The molecule has 2 heterocycles. The van der Waals surface area contributed by atoms with E-state index in [4.69, 9.17) is 0 Å². The minimum atomic E-state index is -0.986. The van der Waals surface area contributed by atoms with Crippen LogP contribution in [0.2, 0.25) is 0 Å². The lowest BCUT2D eigenvalue weighted by molar-refractivity contribution is -0.130. The first kappa shape index (κ1) is 18.4. The molecule has 0 bridgehead atoms. The number of hydrogen-bond acceptors (Lipinski definition) is 5. The fourth-order valence-electron chi connectivity index (χ4n) is 2.90. The summed E-state index contributed by atoms with van der Waals surface area (Å²) in [6, 6.07) is 3.81. The number of amides is 2. The van der Waals surface area contributed by atoms with E-state index >= 15 is 0 Å². The summed E-state index contributed by atoms with van der Waals surface area (Å²) in [5, 5.41) is 3.85. The maximum atomic E-state index is 13.8. The van der Waals surface area contributed by atoms with Gasteiger partial charge in [0.25, 0.3) is 5.91 Å². The van der Waals surface area contributed by atoms with Crippen LogP contribution in [-0.4, -0.2) is 57.4 Å². The average Bonchev–Trinajstić information content (AvgIpc) is 2.90. The van der Waals surface area contributed by atoms with Gasteiger partial charge in [-0.15, -0.1) is 5.10 Å². The van der Waals surface area contributed by atoms with Crippen molar-refractivity contribution in [2.24, 2.45) is 0 Å². The molecule has 0 spiro atoms. The van der Waals surface area contributed by atoms with Gasteiger partial charge in [-0.2, -0.15) is 0 Å². The first-order valence-corrected chi connectivity index (χ1v) is 9.03. The van der Waals surface area contributed by atoms with Crippen LogP contribution >= 0.6 is 11.5 Å². The highest BCUT2D eigenvalue weighted by molar-refractivity contribution is 7.07. The number of halogens is 2. The molecule has 0 saturated carbocycles. The van der Waals surface area contributed by atoms with Crippen molar-refractivity contribution < 1.29 is 18.4 Å². The molecule has 1 aliphatic heterocycles. The molecule has 26 heavy (non-hydrogen) atoms. The second-order valence-electron chi connectivity index (χ2n) is 6.10. The monoisotopic (exact) mass is 380 g/mol. The molecular weight excluding hydrogens is 362 g/mol. The van der Waals surface area contributed by atoms with E-state index in [1.54, 1.807) is 16.7 Å². The van der Waals surface area contributed by atoms with Gasteiger partial charge in [-0.1, -0.05) is 16.6 Å². The van der Waals surface area contributed by atoms with Crippen LogP contribution in [0.5, 0.6) is 0 Å². The number of aryl methyl sites for hydroxylation is 1. The molecule has 1 aromatic heterocycles. The molecule has 0 atom stereocenters. The van der Waals surface area contributed by atoms with Crippen LogP contribution in [0.25, 0.3) is 0 Å². The van der Waals surface area contributed by atoms with Crippen molar-refractivity contribution in [3.63, 3.8) is 0 Å². The minimum Gasteiger partial charge on any atom is -0.341 e. The molecule has 1 aliphatic rings. The summed E-state index contributed by atoms with van der Waals surface area (Å²) in [5.41, 5.74) is 0.636. The fourth-order valence-corrected chi connectivity index (χ4v) is 3.53. The number of nitrogens with zero attached hydrogens (tertiary/aromatic N) is 4. The molecular formula is C17H18F2N4O2S. The number of carbonyl (C=O) groups excluding carboxylic acids is 2. The van der Waals surface area contributed by atoms with Gasteiger partial charge >= 0.3 is 0 Å². The first-order chi connectivity index (χ1) is 12.5. The van der Waals surface area contributed by atoms with Gasteiger partial charge in [-0.3, -0.25) is 9.59 Å². The average molecular weight is 380 g/mol. The quantitative estimate of drug-likeness (QED) is 0.817. The lowest BCUT2D eigenvalue weighted by atomic mass is 10.1. The van der Waals surface area contributed by atoms with Crippen molar-refractivity contribution in [1.82, 2.24) is 19.4 Å². The Kier molecular flexibility index (Phi) is 5.55. The lowest BCUT2D eigenvalue weighted by Gasteiger charge is -2.22. The van der Waals surface area contributed by atoms with E-state index in [0.717, 1.165) is 17.6 Å². The number of hydrogen-bond donors (Lipinski definition) is 0. The molecule has 2 amide bonds. The summed E-state index contributed by atoms with van der Waals surface area (Å²) in [5.74, 6) is -2.36. The van der Waals surface area contributed by atoms with Gasteiger partial charge in [0.05, 0.1) is 12.1 Å². The minimum absolute atomic E-state index is 0.0403. The highest BCUT2D eigenvalue weighted by atomic mass is 32.1. The van der Waals surface area contributed by atoms with E-state index in [1.165, 1.54) is 12.1 Å². The standard InChI is InChI=1S/C17H18F2N4O2S/c1-11-16(26-21-20-11)17(25)23-7-3-6-22(8-9-23)14(24)10-12-4-2-5-13(18)15(12)19/h2,4-5H,3,6-10H2,1H3. The smallest absolute Gasteiger partial charge is 0.267 e. The zero-order chi connectivity index (χ0) is 18.7. The molecule has 2 aromatic rings. The van der Waals surface area contributed by atoms with Crippen molar-refractivity contribution in [1.29, 1.82) is 0 Å². The zero-order valence-electron chi connectivity index (χ0n) is 14.2. The summed E-state index contributed by atoms with van der Waals surface area (Å²) >= 11 is 1.06. The second-order valence-corrected chi connectivity index (χ2v) is 6.86. The van der Waals surface area contributed by atoms with Gasteiger partial charge < -0.3 is 9.80 Å². The van der Waals surface area contributed by atoms with Gasteiger partial charge in [-0.05, 0) is 30.9 Å². The molecule has 1 aromatic carbocycles. The van der Waals surface area contributed by atoms with E-state index in [2.05, 4.69) is 9.59 Å². The molecule has 0 radical (unpaired) electrons. The second kappa shape index (κ2) is 7.86. The zero-order valence-corrected chi connectivity index (χ0v) is 15.1. The maximum Gasteiger partial charge on any atom is 0.267 e. The maximum absolute atomic E-state index is 13.8. The Morgan fingerprint density at radius 1 is 1.15 bits per heavy atom. The summed E-state index contributed by atoms with van der Waals surface area (Å²) in [6.45, 7) is 3.46. The van der Waals surface area contributed by atoms with E-state index < -0.39 is 11.6 Å². The number of carbonyl (C=O) groups is 2. The molecule has 0 unspecified atom stereocenters. The van der Waals surface area contributed by atoms with Gasteiger partial charge in [-0.25, -0.2) is 8.78 Å². The van der Waals surface area contributed by atoms with Crippen LogP contribution < -0.4 is 0 Å². The fraction of sp³-hybridized carbons (Fsp3) is 0.412. The van der Waals surface area contributed by atoms with Crippen molar-refractivity contribution in [3.05, 3.63) is 46.0 Å². The Morgan fingerprint density at radius 3 is 2.62 bits per heavy atom. The van der Waals surface area contributed by atoms with Crippen molar-refractivity contribution >= 4 is 23.3 Å². The highest BCUT2D eigenvalue weighted by Gasteiger charge is 2.25. The molecule has 138 valence electrons. The third-order valence-electron chi connectivity index (χ3n) is 4.35. The summed E-state index contributed by atoms with van der Waals surface area (Å²) in [4.78, 5) is 28.8. The SMILES string of the molecule is Cc1nnsc1C(=O)N1CCCN(C(=O)Cc2cccc(F)c2F)CC1. The molecule has 6 nitrogen and oxygen atoms in total. The molecule has 1 saturated heterocycles. The molecule has 0 aliphatic carbocycles. The van der Waals surface area contributed by atoms with Gasteiger partial charge in [0, 0.05) is 31.7 Å². The third kappa shape index (κ3) is 3.87. The van der Waals surface area contributed by atoms with E-state index in [9.17, 15) is 18.4 Å². The Hall–Kier alpha value is -2.42. The predicted octanol–water partition coefficient (Wildman–Crippen LogP) is 2.04. The Labute approximate surface area is 153 Å². The Balaban J connectivity index is 1.63. The van der Waals surface area contributed by atoms with Crippen molar-refractivity contribution in [3.8, 4) is 0 Å². The van der Waals surface area contributed by atoms with Crippen molar-refractivity contribution in [2.75, 3.05) is 26.2 Å². The van der Waals surface area contributed by atoms with E-state index in [1.807, 2.05) is 0 Å². The third-order valence-corrected chi connectivity index (χ3v) is 5.17. The van der Waals surface area contributed by atoms with Crippen LogP contribution in [0.4, 0.5) is 8.78 Å². The lowest BCUT2D eigenvalue weighted by Crippen LogP contribution is -2.38. The van der Waals surface area contributed by atoms with Crippen LogP contribution in [0.3, 0.4) is 0 Å². The molecule has 0 N–H and O–H groups in total. The molecule has 3 rings (SSSR count). The van der Waals surface area contributed by atoms with Crippen LogP contribution in [-0.2, 0) is 11.2 Å². The topological polar surface area (TPSA) is 66.4 Å².